The first kappa shape index (κ1) is 14.4. The molecule has 1 saturated heterocycles. The van der Waals surface area contributed by atoms with Gasteiger partial charge < -0.3 is 14.8 Å². The van der Waals surface area contributed by atoms with Gasteiger partial charge in [-0.05, 0) is 55.9 Å². The molecule has 1 fully saturated rings. The summed E-state index contributed by atoms with van der Waals surface area (Å²) in [5.41, 5.74) is 3.59. The molecule has 1 amide bonds. The summed E-state index contributed by atoms with van der Waals surface area (Å²) in [5, 5.41) is 2.97. The van der Waals surface area contributed by atoms with E-state index in [9.17, 15) is 4.79 Å². The summed E-state index contributed by atoms with van der Waals surface area (Å²) in [5.74, 6) is 0.844. The molecule has 0 aromatic heterocycles. The van der Waals surface area contributed by atoms with Gasteiger partial charge in [0.2, 0.25) is 0 Å². The van der Waals surface area contributed by atoms with Crippen LogP contribution in [0.1, 0.15) is 36.0 Å². The van der Waals surface area contributed by atoms with Gasteiger partial charge in [0.25, 0.3) is 5.91 Å². The van der Waals surface area contributed by atoms with Crippen molar-refractivity contribution in [2.45, 2.75) is 51.7 Å². The lowest BCUT2D eigenvalue weighted by Crippen LogP contribution is -2.38. The van der Waals surface area contributed by atoms with Crippen molar-refractivity contribution in [3.8, 4) is 5.75 Å². The molecule has 0 unspecified atom stereocenters. The number of ether oxygens (including phenoxy) is 2. The van der Waals surface area contributed by atoms with Crippen LogP contribution in [0.25, 0.3) is 0 Å². The van der Waals surface area contributed by atoms with Crippen LogP contribution in [0.3, 0.4) is 0 Å². The minimum absolute atomic E-state index is 0.0143. The van der Waals surface area contributed by atoms with Crippen LogP contribution >= 0.6 is 0 Å². The number of carbonyl (C=O) groups is 1. The molecule has 4 nitrogen and oxygen atoms in total. The molecule has 2 heterocycles. The van der Waals surface area contributed by atoms with E-state index >= 15 is 0 Å². The maximum absolute atomic E-state index is 12.2. The van der Waals surface area contributed by atoms with E-state index in [1.54, 1.807) is 0 Å². The first-order chi connectivity index (χ1) is 10.1. The number of carbonyl (C=O) groups excluding carboxylic acids is 1. The minimum Gasteiger partial charge on any atom is -0.480 e. The van der Waals surface area contributed by atoms with E-state index in [1.807, 2.05) is 6.07 Å². The SMILES string of the molecule is Cc1cc2c(cc1C)O[C@H](C(=O)NCC[C@@H]1CCCO1)C2. The second-order valence-electron chi connectivity index (χ2n) is 6.07. The van der Waals surface area contributed by atoms with Crippen molar-refractivity contribution < 1.29 is 14.3 Å². The van der Waals surface area contributed by atoms with E-state index in [4.69, 9.17) is 9.47 Å². The molecular formula is C17H23NO3. The average molecular weight is 289 g/mol. The van der Waals surface area contributed by atoms with Crippen molar-refractivity contribution >= 4 is 5.91 Å². The van der Waals surface area contributed by atoms with Gasteiger partial charge in [0.1, 0.15) is 5.75 Å². The summed E-state index contributed by atoms with van der Waals surface area (Å²) in [6, 6.07) is 4.16. The van der Waals surface area contributed by atoms with Gasteiger partial charge in [-0.1, -0.05) is 6.07 Å². The van der Waals surface area contributed by atoms with Crippen LogP contribution in [0.15, 0.2) is 12.1 Å². The smallest absolute Gasteiger partial charge is 0.261 e. The Labute approximate surface area is 125 Å². The highest BCUT2D eigenvalue weighted by Gasteiger charge is 2.29. The summed E-state index contributed by atoms with van der Waals surface area (Å²) in [6.07, 6.45) is 3.74. The molecule has 1 aromatic rings. The lowest BCUT2D eigenvalue weighted by atomic mass is 10.0. The van der Waals surface area contributed by atoms with E-state index in [2.05, 4.69) is 25.2 Å². The van der Waals surface area contributed by atoms with Gasteiger partial charge >= 0.3 is 0 Å². The summed E-state index contributed by atoms with van der Waals surface area (Å²) < 4.78 is 11.3. The fraction of sp³-hybridized carbons (Fsp3) is 0.588. The Hall–Kier alpha value is -1.55. The lowest BCUT2D eigenvalue weighted by molar-refractivity contribution is -0.127. The number of amides is 1. The van der Waals surface area contributed by atoms with Gasteiger partial charge in [0.05, 0.1) is 6.10 Å². The molecule has 0 saturated carbocycles. The number of fused-ring (bicyclic) bond motifs is 1. The summed E-state index contributed by atoms with van der Waals surface area (Å²) >= 11 is 0. The van der Waals surface area contributed by atoms with E-state index < -0.39 is 0 Å². The number of aryl methyl sites for hydroxylation is 2. The van der Waals surface area contributed by atoms with Gasteiger partial charge in [-0.15, -0.1) is 0 Å². The van der Waals surface area contributed by atoms with Crippen LogP contribution in [0.2, 0.25) is 0 Å². The fourth-order valence-electron chi connectivity index (χ4n) is 3.00. The molecule has 2 aliphatic heterocycles. The molecular weight excluding hydrogens is 266 g/mol. The van der Waals surface area contributed by atoms with Crippen LogP contribution in [0, 0.1) is 13.8 Å². The third kappa shape index (κ3) is 3.21. The van der Waals surface area contributed by atoms with E-state index in [-0.39, 0.29) is 12.0 Å². The number of benzene rings is 1. The van der Waals surface area contributed by atoms with Gasteiger partial charge in [-0.3, -0.25) is 4.79 Å². The Kier molecular flexibility index (Phi) is 4.15. The molecule has 2 aliphatic rings. The van der Waals surface area contributed by atoms with Crippen molar-refractivity contribution in [2.75, 3.05) is 13.2 Å². The second kappa shape index (κ2) is 6.06. The third-order valence-corrected chi connectivity index (χ3v) is 4.43. The average Bonchev–Trinajstić information content (AvgIpc) is 3.08. The van der Waals surface area contributed by atoms with Crippen molar-refractivity contribution in [3.63, 3.8) is 0 Å². The molecule has 21 heavy (non-hydrogen) atoms. The van der Waals surface area contributed by atoms with Crippen LogP contribution in [0.5, 0.6) is 5.75 Å². The van der Waals surface area contributed by atoms with Crippen molar-refractivity contribution in [1.82, 2.24) is 5.32 Å². The Balaban J connectivity index is 1.50. The Morgan fingerprint density at radius 2 is 2.14 bits per heavy atom. The maximum Gasteiger partial charge on any atom is 0.261 e. The highest BCUT2D eigenvalue weighted by molar-refractivity contribution is 5.82. The maximum atomic E-state index is 12.2. The predicted molar refractivity (Wildman–Crippen MR) is 80.6 cm³/mol. The van der Waals surface area contributed by atoms with Gasteiger partial charge in [0.15, 0.2) is 6.10 Å². The molecule has 0 aliphatic carbocycles. The quantitative estimate of drug-likeness (QED) is 0.925. The van der Waals surface area contributed by atoms with Crippen LogP contribution < -0.4 is 10.1 Å². The summed E-state index contributed by atoms with van der Waals surface area (Å²) in [6.45, 7) is 5.68. The second-order valence-corrected chi connectivity index (χ2v) is 6.07. The van der Waals surface area contributed by atoms with E-state index in [1.165, 1.54) is 11.1 Å². The standard InChI is InChI=1S/C17H23NO3/c1-11-8-13-10-16(21-15(13)9-12(11)2)17(19)18-6-5-14-4-3-7-20-14/h8-9,14,16H,3-7,10H2,1-2H3,(H,18,19)/t14-,16-/m0/s1. The highest BCUT2D eigenvalue weighted by Crippen LogP contribution is 2.31. The lowest BCUT2D eigenvalue weighted by Gasteiger charge is -2.13. The number of rotatable bonds is 4. The highest BCUT2D eigenvalue weighted by atomic mass is 16.5. The number of nitrogens with one attached hydrogen (secondary N) is 1. The number of hydrogen-bond acceptors (Lipinski definition) is 3. The molecule has 2 atom stereocenters. The zero-order valence-electron chi connectivity index (χ0n) is 12.8. The van der Waals surface area contributed by atoms with Crippen molar-refractivity contribution in [2.24, 2.45) is 0 Å². The van der Waals surface area contributed by atoms with Crippen LogP contribution in [-0.2, 0) is 16.0 Å². The zero-order valence-corrected chi connectivity index (χ0v) is 12.8. The van der Waals surface area contributed by atoms with Gasteiger partial charge in [-0.25, -0.2) is 0 Å². The topological polar surface area (TPSA) is 47.6 Å². The Morgan fingerprint density at radius 1 is 1.33 bits per heavy atom. The van der Waals surface area contributed by atoms with Crippen LogP contribution in [-0.4, -0.2) is 31.3 Å². The summed E-state index contributed by atoms with van der Waals surface area (Å²) in [7, 11) is 0. The molecule has 1 N–H and O–H groups in total. The fourth-order valence-corrected chi connectivity index (χ4v) is 3.00. The first-order valence-electron chi connectivity index (χ1n) is 7.79. The number of hydrogen-bond donors (Lipinski definition) is 1. The molecule has 4 heteroatoms. The molecule has 1 aromatic carbocycles. The first-order valence-corrected chi connectivity index (χ1v) is 7.79. The monoisotopic (exact) mass is 289 g/mol. The Bertz CT molecular complexity index is 504. The largest absolute Gasteiger partial charge is 0.480 e. The zero-order chi connectivity index (χ0) is 14.8. The van der Waals surface area contributed by atoms with Crippen molar-refractivity contribution in [1.29, 1.82) is 0 Å². The van der Waals surface area contributed by atoms with Crippen LogP contribution in [0.4, 0.5) is 0 Å². The predicted octanol–water partition coefficient (Wildman–Crippen LogP) is 2.29. The van der Waals surface area contributed by atoms with Gasteiger partial charge in [-0.2, -0.15) is 0 Å². The summed E-state index contributed by atoms with van der Waals surface area (Å²) in [4.78, 5) is 12.2. The minimum atomic E-state index is -0.384. The Morgan fingerprint density at radius 3 is 2.90 bits per heavy atom. The molecule has 0 bridgehead atoms. The normalized spacial score (nSPS) is 23.7. The third-order valence-electron chi connectivity index (χ3n) is 4.43. The molecule has 3 rings (SSSR count). The van der Waals surface area contributed by atoms with Gasteiger partial charge in [0, 0.05) is 19.6 Å². The van der Waals surface area contributed by atoms with E-state index in [0.29, 0.717) is 19.1 Å². The molecule has 114 valence electrons. The molecule has 0 spiro atoms. The van der Waals surface area contributed by atoms with E-state index in [0.717, 1.165) is 37.2 Å². The molecule has 0 radical (unpaired) electrons. The van der Waals surface area contributed by atoms with Crippen molar-refractivity contribution in [3.05, 3.63) is 28.8 Å².